The van der Waals surface area contributed by atoms with Gasteiger partial charge in [0.1, 0.15) is 11.6 Å². The number of carbonyl (C=O) groups excluding carboxylic acids is 1. The molecule has 0 unspecified atom stereocenters. The highest BCUT2D eigenvalue weighted by Crippen LogP contribution is 2.10. The Kier molecular flexibility index (Phi) is 6.33. The molecule has 0 spiro atoms. The van der Waals surface area contributed by atoms with Crippen LogP contribution in [0, 0.1) is 11.3 Å². The second-order valence-corrected chi connectivity index (χ2v) is 5.64. The molecule has 0 aliphatic rings. The third-order valence-corrected chi connectivity index (χ3v) is 3.54. The number of pyridine rings is 1. The van der Waals surface area contributed by atoms with Crippen molar-refractivity contribution in [2.24, 2.45) is 0 Å². The first-order valence-corrected chi connectivity index (χ1v) is 7.73. The number of aromatic nitrogens is 1. The van der Waals surface area contributed by atoms with Gasteiger partial charge in [-0.1, -0.05) is 34.1 Å². The van der Waals surface area contributed by atoms with Gasteiger partial charge in [0.2, 0.25) is 0 Å². The van der Waals surface area contributed by atoms with Crippen LogP contribution in [0.1, 0.15) is 11.1 Å². The first-order chi connectivity index (χ1) is 11.2. The first kappa shape index (κ1) is 16.7. The zero-order valence-electron chi connectivity index (χ0n) is 12.3. The summed E-state index contributed by atoms with van der Waals surface area (Å²) in [5, 5.41) is 14.8. The van der Waals surface area contributed by atoms with Gasteiger partial charge < -0.3 is 10.6 Å². The fourth-order valence-electron chi connectivity index (χ4n) is 1.80. The lowest BCUT2D eigenvalue weighted by atomic mass is 10.2. The molecule has 2 rings (SSSR count). The lowest BCUT2D eigenvalue weighted by Crippen LogP contribution is -2.25. The number of amides is 1. The van der Waals surface area contributed by atoms with Gasteiger partial charge >= 0.3 is 0 Å². The quantitative estimate of drug-likeness (QED) is 0.605. The molecule has 0 bridgehead atoms. The lowest BCUT2D eigenvalue weighted by molar-refractivity contribution is -0.117. The Morgan fingerprint density at radius 3 is 2.65 bits per heavy atom. The number of hydrogen-bond acceptors (Lipinski definition) is 4. The zero-order valence-corrected chi connectivity index (χ0v) is 13.9. The normalized spacial score (nSPS) is 10.7. The van der Waals surface area contributed by atoms with E-state index in [-0.39, 0.29) is 5.57 Å². The molecule has 116 valence electrons. The molecule has 0 aliphatic heterocycles. The summed E-state index contributed by atoms with van der Waals surface area (Å²) in [6.07, 6.45) is 4.76. The molecule has 1 aromatic carbocycles. The summed E-state index contributed by atoms with van der Waals surface area (Å²) in [6, 6.07) is 13.3. The average molecular weight is 371 g/mol. The van der Waals surface area contributed by atoms with E-state index < -0.39 is 5.91 Å². The molecule has 1 amide bonds. The molecule has 23 heavy (non-hydrogen) atoms. The van der Waals surface area contributed by atoms with Gasteiger partial charge in [0.05, 0.1) is 0 Å². The maximum Gasteiger partial charge on any atom is 0.263 e. The van der Waals surface area contributed by atoms with E-state index in [1.54, 1.807) is 18.5 Å². The maximum absolute atomic E-state index is 12.0. The van der Waals surface area contributed by atoms with E-state index in [2.05, 4.69) is 31.5 Å². The Labute approximate surface area is 143 Å². The number of nitrogens with zero attached hydrogens (tertiary/aromatic N) is 2. The topological polar surface area (TPSA) is 77.8 Å². The zero-order chi connectivity index (χ0) is 16.5. The van der Waals surface area contributed by atoms with Crippen LogP contribution < -0.4 is 10.6 Å². The molecule has 0 saturated heterocycles. The van der Waals surface area contributed by atoms with Gasteiger partial charge in [-0.3, -0.25) is 9.78 Å². The van der Waals surface area contributed by atoms with Crippen LogP contribution in [-0.2, 0) is 17.9 Å². The highest BCUT2D eigenvalue weighted by atomic mass is 79.9. The molecule has 1 aromatic heterocycles. The fourth-order valence-corrected chi connectivity index (χ4v) is 2.07. The standard InChI is InChI=1S/C17H15BrN4O/c18-16-5-3-13(4-6-16)9-21-12-15(8-19)17(23)22-11-14-2-1-7-20-10-14/h1-7,10,12,21H,9,11H2,(H,22,23)/b15-12-. The molecule has 2 N–H and O–H groups in total. The Bertz CT molecular complexity index is 721. The smallest absolute Gasteiger partial charge is 0.263 e. The Hall–Kier alpha value is -2.65. The summed E-state index contributed by atoms with van der Waals surface area (Å²) in [4.78, 5) is 15.9. The molecule has 5 nitrogen and oxygen atoms in total. The van der Waals surface area contributed by atoms with Crippen molar-refractivity contribution in [3.8, 4) is 6.07 Å². The van der Waals surface area contributed by atoms with E-state index >= 15 is 0 Å². The Morgan fingerprint density at radius 1 is 1.22 bits per heavy atom. The monoisotopic (exact) mass is 370 g/mol. The summed E-state index contributed by atoms with van der Waals surface area (Å²) in [5.41, 5.74) is 1.96. The summed E-state index contributed by atoms with van der Waals surface area (Å²) in [7, 11) is 0. The summed E-state index contributed by atoms with van der Waals surface area (Å²) in [6.45, 7) is 0.868. The van der Waals surface area contributed by atoms with E-state index in [1.807, 2.05) is 36.4 Å². The Morgan fingerprint density at radius 2 is 2.00 bits per heavy atom. The first-order valence-electron chi connectivity index (χ1n) is 6.94. The van der Waals surface area contributed by atoms with Gasteiger partial charge in [0, 0.05) is 36.2 Å². The number of benzene rings is 1. The molecule has 0 atom stereocenters. The van der Waals surface area contributed by atoms with Crippen molar-refractivity contribution in [1.29, 1.82) is 5.26 Å². The number of hydrogen-bond donors (Lipinski definition) is 2. The lowest BCUT2D eigenvalue weighted by Gasteiger charge is -2.05. The van der Waals surface area contributed by atoms with Crippen molar-refractivity contribution in [1.82, 2.24) is 15.6 Å². The summed E-state index contributed by atoms with van der Waals surface area (Å²) in [5.74, 6) is -0.417. The van der Waals surface area contributed by atoms with Gasteiger partial charge in [0.25, 0.3) is 5.91 Å². The molecule has 6 heteroatoms. The second kappa shape index (κ2) is 8.71. The van der Waals surface area contributed by atoms with Crippen LogP contribution >= 0.6 is 15.9 Å². The number of halogens is 1. The van der Waals surface area contributed by atoms with E-state index in [9.17, 15) is 4.79 Å². The van der Waals surface area contributed by atoms with Crippen molar-refractivity contribution in [2.75, 3.05) is 0 Å². The third kappa shape index (κ3) is 5.57. The van der Waals surface area contributed by atoms with Gasteiger partial charge in [-0.2, -0.15) is 5.26 Å². The van der Waals surface area contributed by atoms with Gasteiger partial charge in [-0.25, -0.2) is 0 Å². The van der Waals surface area contributed by atoms with Crippen LogP contribution in [-0.4, -0.2) is 10.9 Å². The number of nitriles is 1. The largest absolute Gasteiger partial charge is 0.386 e. The number of rotatable bonds is 6. The van der Waals surface area contributed by atoms with E-state index in [0.717, 1.165) is 15.6 Å². The van der Waals surface area contributed by atoms with Crippen LogP contribution in [0.25, 0.3) is 0 Å². The van der Waals surface area contributed by atoms with Crippen molar-refractivity contribution in [3.05, 3.63) is 76.2 Å². The summed E-state index contributed by atoms with van der Waals surface area (Å²) < 4.78 is 1.00. The third-order valence-electron chi connectivity index (χ3n) is 3.01. The highest BCUT2D eigenvalue weighted by Gasteiger charge is 2.08. The van der Waals surface area contributed by atoms with E-state index in [0.29, 0.717) is 13.1 Å². The molecule has 0 aliphatic carbocycles. The molecule has 0 radical (unpaired) electrons. The fraction of sp³-hybridized carbons (Fsp3) is 0.118. The van der Waals surface area contributed by atoms with Gasteiger partial charge in [0.15, 0.2) is 0 Å². The SMILES string of the molecule is N#C/C(=C/NCc1ccc(Br)cc1)C(=O)NCc1cccnc1. The second-order valence-electron chi connectivity index (χ2n) is 4.72. The maximum atomic E-state index is 12.0. The molecular weight excluding hydrogens is 356 g/mol. The predicted molar refractivity (Wildman–Crippen MR) is 90.8 cm³/mol. The van der Waals surface area contributed by atoms with Crippen LogP contribution in [0.3, 0.4) is 0 Å². The minimum atomic E-state index is -0.417. The molecule has 2 aromatic rings. The predicted octanol–water partition coefficient (Wildman–Crippen LogP) is 2.66. The summed E-state index contributed by atoms with van der Waals surface area (Å²) >= 11 is 3.37. The van der Waals surface area contributed by atoms with Gasteiger partial charge in [-0.15, -0.1) is 0 Å². The van der Waals surface area contributed by atoms with Crippen molar-refractivity contribution < 1.29 is 4.79 Å². The minimum absolute atomic E-state index is 0.0333. The number of carbonyl (C=O) groups is 1. The van der Waals surface area contributed by atoms with Crippen molar-refractivity contribution >= 4 is 21.8 Å². The Balaban J connectivity index is 1.86. The number of nitrogens with one attached hydrogen (secondary N) is 2. The average Bonchev–Trinajstić information content (AvgIpc) is 2.59. The van der Waals surface area contributed by atoms with Crippen molar-refractivity contribution in [2.45, 2.75) is 13.1 Å². The molecule has 1 heterocycles. The molecule has 0 saturated carbocycles. The van der Waals surface area contributed by atoms with Crippen molar-refractivity contribution in [3.63, 3.8) is 0 Å². The molecular formula is C17H15BrN4O. The van der Waals surface area contributed by atoms with Crippen LogP contribution in [0.5, 0.6) is 0 Å². The minimum Gasteiger partial charge on any atom is -0.386 e. The van der Waals surface area contributed by atoms with E-state index in [4.69, 9.17) is 5.26 Å². The van der Waals surface area contributed by atoms with Crippen LogP contribution in [0.4, 0.5) is 0 Å². The van der Waals surface area contributed by atoms with Gasteiger partial charge in [-0.05, 0) is 29.3 Å². The molecule has 0 fully saturated rings. The van der Waals surface area contributed by atoms with Crippen LogP contribution in [0.2, 0.25) is 0 Å². The van der Waals surface area contributed by atoms with E-state index in [1.165, 1.54) is 6.20 Å². The highest BCUT2D eigenvalue weighted by molar-refractivity contribution is 9.10. The van der Waals surface area contributed by atoms with Crippen LogP contribution in [0.15, 0.2) is 65.0 Å².